The first-order valence-electron chi connectivity index (χ1n) is 4.52. The van der Waals surface area contributed by atoms with Gasteiger partial charge in [0.2, 0.25) is 0 Å². The Kier molecular flexibility index (Phi) is 2.73. The molecule has 12 heavy (non-hydrogen) atoms. The Balaban J connectivity index is 2.57. The Bertz CT molecular complexity index is 238. The lowest BCUT2D eigenvalue weighted by Crippen LogP contribution is -2.19. The highest BCUT2D eigenvalue weighted by molar-refractivity contribution is 6.76. The molecule has 1 aliphatic carbocycles. The maximum Gasteiger partial charge on any atom is 0.0486 e. The maximum absolute atomic E-state index is 3.93. The molecule has 1 heteroatoms. The van der Waals surface area contributed by atoms with Crippen LogP contribution in [0.4, 0.5) is 0 Å². The summed E-state index contributed by atoms with van der Waals surface area (Å²) >= 11 is 0. The van der Waals surface area contributed by atoms with E-state index >= 15 is 0 Å². The Hall–Kier alpha value is -0.563. The van der Waals surface area contributed by atoms with Crippen LogP contribution in [-0.4, -0.2) is 8.07 Å². The summed E-state index contributed by atoms with van der Waals surface area (Å²) in [6, 6.07) is 1.30. The SMILES string of the molecule is C=C1C=CC(C[Si](C)(C)C)=CC1. The second-order valence-corrected chi connectivity index (χ2v) is 10.2. The van der Waals surface area contributed by atoms with Gasteiger partial charge in [-0.2, -0.15) is 0 Å². The van der Waals surface area contributed by atoms with Gasteiger partial charge in [0, 0.05) is 8.07 Å². The number of rotatable bonds is 2. The normalized spacial score (nSPS) is 17.9. The van der Waals surface area contributed by atoms with Crippen molar-refractivity contribution in [2.24, 2.45) is 0 Å². The van der Waals surface area contributed by atoms with Gasteiger partial charge in [0.15, 0.2) is 0 Å². The fourth-order valence-electron chi connectivity index (χ4n) is 1.37. The van der Waals surface area contributed by atoms with Crippen LogP contribution in [0.3, 0.4) is 0 Å². The third-order valence-corrected chi connectivity index (χ3v) is 3.36. The third-order valence-electron chi connectivity index (χ3n) is 1.89. The van der Waals surface area contributed by atoms with Crippen molar-refractivity contribution in [3.8, 4) is 0 Å². The van der Waals surface area contributed by atoms with E-state index in [1.165, 1.54) is 17.2 Å². The van der Waals surface area contributed by atoms with Crippen LogP contribution in [0.5, 0.6) is 0 Å². The smallest absolute Gasteiger partial charge is 0.0486 e. The molecule has 1 rings (SSSR count). The minimum atomic E-state index is -0.916. The van der Waals surface area contributed by atoms with E-state index in [9.17, 15) is 0 Å². The molecule has 0 aliphatic heterocycles. The molecule has 0 heterocycles. The number of allylic oxidation sites excluding steroid dienone is 5. The van der Waals surface area contributed by atoms with Gasteiger partial charge in [0.1, 0.15) is 0 Å². The molecule has 0 N–H and O–H groups in total. The molecule has 0 aromatic heterocycles. The van der Waals surface area contributed by atoms with Crippen molar-refractivity contribution < 1.29 is 0 Å². The minimum Gasteiger partial charge on any atom is -0.0955 e. The van der Waals surface area contributed by atoms with Crippen molar-refractivity contribution in [2.45, 2.75) is 32.1 Å². The summed E-state index contributed by atoms with van der Waals surface area (Å²) in [6.07, 6.45) is 7.75. The van der Waals surface area contributed by atoms with Gasteiger partial charge in [-0.15, -0.1) is 0 Å². The molecule has 0 bridgehead atoms. The molecule has 0 aromatic carbocycles. The number of hydrogen-bond donors (Lipinski definition) is 0. The molecule has 0 atom stereocenters. The molecule has 0 saturated heterocycles. The van der Waals surface area contributed by atoms with Crippen molar-refractivity contribution in [1.29, 1.82) is 0 Å². The van der Waals surface area contributed by atoms with Gasteiger partial charge in [0.05, 0.1) is 0 Å². The summed E-state index contributed by atoms with van der Waals surface area (Å²) in [6.45, 7) is 11.1. The third kappa shape index (κ3) is 3.22. The van der Waals surface area contributed by atoms with Crippen LogP contribution in [0.15, 0.2) is 36.0 Å². The van der Waals surface area contributed by atoms with Crippen molar-refractivity contribution in [1.82, 2.24) is 0 Å². The molecule has 0 amide bonds. The van der Waals surface area contributed by atoms with E-state index in [0.29, 0.717) is 0 Å². The molecule has 0 radical (unpaired) electrons. The van der Waals surface area contributed by atoms with Crippen LogP contribution in [-0.2, 0) is 0 Å². The van der Waals surface area contributed by atoms with E-state index in [1.807, 2.05) is 0 Å². The van der Waals surface area contributed by atoms with Crippen LogP contribution >= 0.6 is 0 Å². The fraction of sp³-hybridized carbons (Fsp3) is 0.455. The second kappa shape index (κ2) is 3.44. The standard InChI is InChI=1S/C11H18Si/c1-10-5-7-11(8-6-10)9-12(2,3)4/h5,7-8H,1,6,9H2,2-4H3. The van der Waals surface area contributed by atoms with Gasteiger partial charge in [0.25, 0.3) is 0 Å². The largest absolute Gasteiger partial charge is 0.0955 e. The predicted molar refractivity (Wildman–Crippen MR) is 59.1 cm³/mol. The topological polar surface area (TPSA) is 0 Å². The molecule has 0 fully saturated rings. The van der Waals surface area contributed by atoms with Crippen molar-refractivity contribution in [3.05, 3.63) is 36.0 Å². The summed E-state index contributed by atoms with van der Waals surface area (Å²) in [5.41, 5.74) is 2.75. The molecule has 66 valence electrons. The lowest BCUT2D eigenvalue weighted by Gasteiger charge is -2.18. The molecule has 0 nitrogen and oxygen atoms in total. The van der Waals surface area contributed by atoms with E-state index < -0.39 is 8.07 Å². The van der Waals surface area contributed by atoms with Gasteiger partial charge < -0.3 is 0 Å². The monoisotopic (exact) mass is 178 g/mol. The summed E-state index contributed by atoms with van der Waals surface area (Å²) in [5, 5.41) is 0. The number of hydrogen-bond acceptors (Lipinski definition) is 0. The Morgan fingerprint density at radius 3 is 2.42 bits per heavy atom. The van der Waals surface area contributed by atoms with Gasteiger partial charge in [-0.25, -0.2) is 0 Å². The van der Waals surface area contributed by atoms with Crippen LogP contribution < -0.4 is 0 Å². The molecular formula is C11H18Si. The van der Waals surface area contributed by atoms with E-state index in [4.69, 9.17) is 0 Å². The van der Waals surface area contributed by atoms with Gasteiger partial charge in [-0.1, -0.05) is 55.6 Å². The van der Waals surface area contributed by atoms with Crippen LogP contribution in [0.25, 0.3) is 0 Å². The van der Waals surface area contributed by atoms with Crippen molar-refractivity contribution in [3.63, 3.8) is 0 Å². The lowest BCUT2D eigenvalue weighted by atomic mass is 10.1. The Morgan fingerprint density at radius 2 is 2.00 bits per heavy atom. The average Bonchev–Trinajstić information content (AvgIpc) is 1.91. The first-order valence-corrected chi connectivity index (χ1v) is 8.23. The zero-order chi connectivity index (χ0) is 9.19. The maximum atomic E-state index is 3.93. The molecular weight excluding hydrogens is 160 g/mol. The Morgan fingerprint density at radius 1 is 1.33 bits per heavy atom. The van der Waals surface area contributed by atoms with E-state index in [2.05, 4.69) is 44.4 Å². The lowest BCUT2D eigenvalue weighted by molar-refractivity contribution is 1.21. The summed E-state index contributed by atoms with van der Waals surface area (Å²) in [4.78, 5) is 0. The zero-order valence-corrected chi connectivity index (χ0v) is 9.35. The highest BCUT2D eigenvalue weighted by atomic mass is 28.3. The highest BCUT2D eigenvalue weighted by Gasteiger charge is 2.14. The van der Waals surface area contributed by atoms with Crippen LogP contribution in [0.2, 0.25) is 25.7 Å². The van der Waals surface area contributed by atoms with Gasteiger partial charge >= 0.3 is 0 Å². The van der Waals surface area contributed by atoms with E-state index in [1.54, 1.807) is 0 Å². The molecule has 0 unspecified atom stereocenters. The highest BCUT2D eigenvalue weighted by Crippen LogP contribution is 2.22. The average molecular weight is 178 g/mol. The van der Waals surface area contributed by atoms with Crippen molar-refractivity contribution >= 4 is 8.07 Å². The van der Waals surface area contributed by atoms with Crippen molar-refractivity contribution in [2.75, 3.05) is 0 Å². The van der Waals surface area contributed by atoms with Crippen LogP contribution in [0.1, 0.15) is 6.42 Å². The Labute approximate surface area is 76.7 Å². The summed E-state index contributed by atoms with van der Waals surface area (Å²) in [7, 11) is -0.916. The quantitative estimate of drug-likeness (QED) is 0.565. The molecule has 0 spiro atoms. The van der Waals surface area contributed by atoms with Gasteiger partial charge in [-0.3, -0.25) is 0 Å². The molecule has 1 aliphatic rings. The van der Waals surface area contributed by atoms with E-state index in [0.717, 1.165) is 6.42 Å². The molecule has 0 saturated carbocycles. The van der Waals surface area contributed by atoms with Gasteiger partial charge in [-0.05, 0) is 12.5 Å². The second-order valence-electron chi connectivity index (χ2n) is 4.71. The van der Waals surface area contributed by atoms with E-state index in [-0.39, 0.29) is 0 Å². The summed E-state index contributed by atoms with van der Waals surface area (Å²) < 4.78 is 0. The first kappa shape index (κ1) is 9.52. The molecule has 0 aromatic rings. The minimum absolute atomic E-state index is 0.916. The fourth-order valence-corrected chi connectivity index (χ4v) is 2.85. The summed E-state index contributed by atoms with van der Waals surface area (Å²) in [5.74, 6) is 0. The zero-order valence-electron chi connectivity index (χ0n) is 8.35. The van der Waals surface area contributed by atoms with Crippen LogP contribution in [0, 0.1) is 0 Å². The first-order chi connectivity index (χ1) is 5.47. The predicted octanol–water partition coefficient (Wildman–Crippen LogP) is 3.77.